The molecule has 1 heterocycles. The molecule has 0 aliphatic carbocycles. The van der Waals surface area contributed by atoms with Crippen LogP contribution in [0.3, 0.4) is 0 Å². The van der Waals surface area contributed by atoms with Gasteiger partial charge in [0.05, 0.1) is 0 Å². The Kier molecular flexibility index (Phi) is 5.45. The van der Waals surface area contributed by atoms with Crippen molar-refractivity contribution in [3.05, 3.63) is 35.9 Å². The summed E-state index contributed by atoms with van der Waals surface area (Å²) < 4.78 is 0. The first-order valence-electron chi connectivity index (χ1n) is 5.85. The smallest absolute Gasteiger partial charge is 0.224 e. The van der Waals surface area contributed by atoms with Crippen molar-refractivity contribution in [2.75, 3.05) is 13.1 Å². The first-order valence-corrected chi connectivity index (χ1v) is 5.85. The number of carbonyl (C=O) groups excluding carboxylic acids is 1. The Labute approximate surface area is 108 Å². The molecular formula is C13H19ClN2O. The lowest BCUT2D eigenvalue weighted by Crippen LogP contribution is -2.30. The minimum absolute atomic E-state index is 0. The molecule has 1 amide bonds. The van der Waals surface area contributed by atoms with Gasteiger partial charge in [0.1, 0.15) is 0 Å². The average Bonchev–Trinajstić information content (AvgIpc) is 2.83. The number of rotatable bonds is 3. The number of likely N-dealkylation sites (tertiary alicyclic amines) is 1. The Bertz CT molecular complexity index is 350. The second kappa shape index (κ2) is 6.62. The minimum atomic E-state index is -0.172. The topological polar surface area (TPSA) is 46.3 Å². The molecule has 17 heavy (non-hydrogen) atoms. The van der Waals surface area contributed by atoms with Gasteiger partial charge in [-0.15, -0.1) is 12.4 Å². The Morgan fingerprint density at radius 2 is 1.82 bits per heavy atom. The Morgan fingerprint density at radius 1 is 1.24 bits per heavy atom. The molecule has 0 aromatic heterocycles. The molecule has 1 aliphatic heterocycles. The van der Waals surface area contributed by atoms with Gasteiger partial charge in [0, 0.05) is 25.6 Å². The Morgan fingerprint density at radius 3 is 2.41 bits per heavy atom. The van der Waals surface area contributed by atoms with Gasteiger partial charge in [-0.3, -0.25) is 4.79 Å². The van der Waals surface area contributed by atoms with Crippen LogP contribution < -0.4 is 5.73 Å². The monoisotopic (exact) mass is 254 g/mol. The van der Waals surface area contributed by atoms with E-state index >= 15 is 0 Å². The Hall–Kier alpha value is -1.06. The highest BCUT2D eigenvalue weighted by atomic mass is 35.5. The van der Waals surface area contributed by atoms with E-state index in [-0.39, 0.29) is 24.4 Å². The highest BCUT2D eigenvalue weighted by Crippen LogP contribution is 2.17. The van der Waals surface area contributed by atoms with Crippen molar-refractivity contribution < 1.29 is 4.79 Å². The second-order valence-electron chi connectivity index (χ2n) is 4.31. The number of carbonyl (C=O) groups is 1. The van der Waals surface area contributed by atoms with Gasteiger partial charge in [0.2, 0.25) is 5.91 Å². The summed E-state index contributed by atoms with van der Waals surface area (Å²) in [6, 6.07) is 9.64. The molecular weight excluding hydrogens is 236 g/mol. The summed E-state index contributed by atoms with van der Waals surface area (Å²) in [7, 11) is 0. The van der Waals surface area contributed by atoms with Crippen molar-refractivity contribution in [3.8, 4) is 0 Å². The molecule has 1 fully saturated rings. The molecule has 94 valence electrons. The number of nitrogens with zero attached hydrogens (tertiary/aromatic N) is 1. The molecule has 3 nitrogen and oxygen atoms in total. The van der Waals surface area contributed by atoms with Gasteiger partial charge < -0.3 is 10.6 Å². The van der Waals surface area contributed by atoms with E-state index in [2.05, 4.69) is 0 Å². The molecule has 4 heteroatoms. The lowest BCUT2D eigenvalue weighted by Gasteiger charge is -2.18. The van der Waals surface area contributed by atoms with Crippen LogP contribution in [0.15, 0.2) is 30.3 Å². The first-order chi connectivity index (χ1) is 7.77. The van der Waals surface area contributed by atoms with Gasteiger partial charge in [0.15, 0.2) is 0 Å². The fourth-order valence-corrected chi connectivity index (χ4v) is 2.10. The SMILES string of the molecule is Cl.NC(CC(=O)N1CCCC1)c1ccccc1. The number of hydrogen-bond acceptors (Lipinski definition) is 2. The van der Waals surface area contributed by atoms with E-state index in [0.29, 0.717) is 6.42 Å². The molecule has 0 saturated carbocycles. The van der Waals surface area contributed by atoms with E-state index in [4.69, 9.17) is 5.73 Å². The van der Waals surface area contributed by atoms with Crippen LogP contribution in [0.2, 0.25) is 0 Å². The van der Waals surface area contributed by atoms with Gasteiger partial charge in [-0.2, -0.15) is 0 Å². The zero-order valence-electron chi connectivity index (χ0n) is 9.84. The van der Waals surface area contributed by atoms with Crippen LogP contribution >= 0.6 is 12.4 Å². The molecule has 0 radical (unpaired) electrons. The molecule has 2 N–H and O–H groups in total. The quantitative estimate of drug-likeness (QED) is 0.898. The lowest BCUT2D eigenvalue weighted by atomic mass is 10.0. The summed E-state index contributed by atoms with van der Waals surface area (Å²) in [4.78, 5) is 13.8. The van der Waals surface area contributed by atoms with Gasteiger partial charge in [-0.05, 0) is 18.4 Å². The largest absolute Gasteiger partial charge is 0.343 e. The molecule has 1 atom stereocenters. The summed E-state index contributed by atoms with van der Waals surface area (Å²) in [5.74, 6) is 0.189. The molecule has 1 saturated heterocycles. The van der Waals surface area contributed by atoms with Crippen LogP contribution in [0.5, 0.6) is 0 Å². The van der Waals surface area contributed by atoms with Crippen molar-refractivity contribution in [1.82, 2.24) is 4.90 Å². The third-order valence-corrected chi connectivity index (χ3v) is 3.08. The lowest BCUT2D eigenvalue weighted by molar-refractivity contribution is -0.130. The summed E-state index contributed by atoms with van der Waals surface area (Å²) >= 11 is 0. The Balaban J connectivity index is 0.00000144. The summed E-state index contributed by atoms with van der Waals surface area (Å²) in [5.41, 5.74) is 7.05. The van der Waals surface area contributed by atoms with E-state index in [1.807, 2.05) is 35.2 Å². The number of halogens is 1. The van der Waals surface area contributed by atoms with Gasteiger partial charge in [-0.25, -0.2) is 0 Å². The van der Waals surface area contributed by atoms with Crippen LogP contribution in [0, 0.1) is 0 Å². The van der Waals surface area contributed by atoms with Gasteiger partial charge >= 0.3 is 0 Å². The zero-order chi connectivity index (χ0) is 11.4. The molecule has 0 bridgehead atoms. The number of hydrogen-bond donors (Lipinski definition) is 1. The minimum Gasteiger partial charge on any atom is -0.343 e. The second-order valence-corrected chi connectivity index (χ2v) is 4.31. The fraction of sp³-hybridized carbons (Fsp3) is 0.462. The third kappa shape index (κ3) is 3.72. The molecule has 1 unspecified atom stereocenters. The van der Waals surface area contributed by atoms with E-state index < -0.39 is 0 Å². The van der Waals surface area contributed by atoms with Crippen LogP contribution in [0.1, 0.15) is 30.9 Å². The number of nitrogens with two attached hydrogens (primary N) is 1. The van der Waals surface area contributed by atoms with Crippen molar-refractivity contribution in [1.29, 1.82) is 0 Å². The molecule has 1 aromatic rings. The number of benzene rings is 1. The predicted octanol–water partition coefficient (Wildman–Crippen LogP) is 2.12. The maximum Gasteiger partial charge on any atom is 0.224 e. The van der Waals surface area contributed by atoms with Crippen LogP contribution in [-0.4, -0.2) is 23.9 Å². The van der Waals surface area contributed by atoms with Crippen molar-refractivity contribution in [2.24, 2.45) is 5.73 Å². The van der Waals surface area contributed by atoms with Crippen LogP contribution in [0.25, 0.3) is 0 Å². The van der Waals surface area contributed by atoms with E-state index in [0.717, 1.165) is 31.5 Å². The van der Waals surface area contributed by atoms with E-state index in [9.17, 15) is 4.79 Å². The fourth-order valence-electron chi connectivity index (χ4n) is 2.10. The molecule has 1 aromatic carbocycles. The van der Waals surface area contributed by atoms with Crippen molar-refractivity contribution >= 4 is 18.3 Å². The molecule has 1 aliphatic rings. The third-order valence-electron chi connectivity index (χ3n) is 3.08. The molecule has 2 rings (SSSR count). The summed E-state index contributed by atoms with van der Waals surface area (Å²) in [5, 5.41) is 0. The summed E-state index contributed by atoms with van der Waals surface area (Å²) in [6.45, 7) is 1.81. The highest BCUT2D eigenvalue weighted by Gasteiger charge is 2.20. The standard InChI is InChI=1S/C13H18N2O.ClH/c14-12(11-6-2-1-3-7-11)10-13(16)15-8-4-5-9-15;/h1-3,6-7,12H,4-5,8-10,14H2;1H. The van der Waals surface area contributed by atoms with E-state index in [1.165, 1.54) is 0 Å². The van der Waals surface area contributed by atoms with Crippen molar-refractivity contribution in [3.63, 3.8) is 0 Å². The van der Waals surface area contributed by atoms with Gasteiger partial charge in [0.25, 0.3) is 0 Å². The number of amides is 1. The summed E-state index contributed by atoms with van der Waals surface area (Å²) in [6.07, 6.45) is 2.68. The normalized spacial score (nSPS) is 16.4. The average molecular weight is 255 g/mol. The highest BCUT2D eigenvalue weighted by molar-refractivity contribution is 5.85. The van der Waals surface area contributed by atoms with Crippen LogP contribution in [-0.2, 0) is 4.79 Å². The van der Waals surface area contributed by atoms with Gasteiger partial charge in [-0.1, -0.05) is 30.3 Å². The maximum atomic E-state index is 11.9. The van der Waals surface area contributed by atoms with E-state index in [1.54, 1.807) is 0 Å². The van der Waals surface area contributed by atoms with Crippen LogP contribution in [0.4, 0.5) is 0 Å². The predicted molar refractivity (Wildman–Crippen MR) is 71.0 cm³/mol. The first kappa shape index (κ1) is 14.0. The molecule has 0 spiro atoms. The zero-order valence-corrected chi connectivity index (χ0v) is 10.7. The van der Waals surface area contributed by atoms with Crippen molar-refractivity contribution in [2.45, 2.75) is 25.3 Å². The maximum absolute atomic E-state index is 11.9.